The number of rotatable bonds is 4. The van der Waals surface area contributed by atoms with Gasteiger partial charge in [0.25, 0.3) is 0 Å². The number of hydrogen-bond donors (Lipinski definition) is 0. The fourth-order valence-corrected chi connectivity index (χ4v) is 6.33. The lowest BCUT2D eigenvalue weighted by molar-refractivity contribution is -0.142. The Bertz CT molecular complexity index is 1000. The molecule has 1 amide bonds. The second-order valence-corrected chi connectivity index (χ2v) is 8.72. The van der Waals surface area contributed by atoms with E-state index < -0.39 is 6.10 Å². The van der Waals surface area contributed by atoms with E-state index >= 15 is 0 Å². The van der Waals surface area contributed by atoms with Gasteiger partial charge in [-0.05, 0) is 42.4 Å². The largest absolute Gasteiger partial charge is 0.485 e. The zero-order valence-electron chi connectivity index (χ0n) is 16.2. The molecule has 1 spiro atoms. The van der Waals surface area contributed by atoms with Gasteiger partial charge >= 0.3 is 0 Å². The van der Waals surface area contributed by atoms with E-state index in [9.17, 15) is 9.59 Å². The van der Waals surface area contributed by atoms with Crippen LogP contribution >= 0.6 is 0 Å². The lowest BCUT2D eigenvalue weighted by Gasteiger charge is -2.56. The third kappa shape index (κ3) is 2.21. The topological polar surface area (TPSA) is 55.8 Å². The number of amides is 1. The van der Waals surface area contributed by atoms with Gasteiger partial charge in [0.15, 0.2) is 23.4 Å². The summed E-state index contributed by atoms with van der Waals surface area (Å²) in [5, 5.41) is 0. The summed E-state index contributed by atoms with van der Waals surface area (Å²) in [7, 11) is 0. The Balaban J connectivity index is 1.45. The highest BCUT2D eigenvalue weighted by molar-refractivity contribution is 5.89. The minimum absolute atomic E-state index is 0.162. The first-order valence-corrected chi connectivity index (χ1v) is 10.5. The summed E-state index contributed by atoms with van der Waals surface area (Å²) in [5.41, 5.74) is 3.19. The maximum absolute atomic E-state index is 12.9. The van der Waals surface area contributed by atoms with Gasteiger partial charge in [0, 0.05) is 24.6 Å². The molecular formula is C24H23NO4. The van der Waals surface area contributed by atoms with Gasteiger partial charge < -0.3 is 14.4 Å². The molecule has 1 saturated carbocycles. The van der Waals surface area contributed by atoms with E-state index in [0.29, 0.717) is 19.6 Å². The van der Waals surface area contributed by atoms with Crippen molar-refractivity contribution in [2.75, 3.05) is 6.54 Å². The molecule has 2 aromatic rings. The molecule has 5 heteroatoms. The van der Waals surface area contributed by atoms with Crippen molar-refractivity contribution >= 4 is 12.2 Å². The number of ketones is 1. The molecule has 1 unspecified atom stereocenters. The number of nitrogens with zero attached hydrogens (tertiary/aromatic N) is 1. The van der Waals surface area contributed by atoms with E-state index in [4.69, 9.17) is 9.47 Å². The van der Waals surface area contributed by atoms with Crippen LogP contribution in [-0.2, 0) is 28.0 Å². The first kappa shape index (κ1) is 17.1. The fraction of sp³-hybridized carbons (Fsp3) is 0.417. The van der Waals surface area contributed by atoms with E-state index in [0.717, 1.165) is 42.7 Å². The van der Waals surface area contributed by atoms with E-state index in [1.165, 1.54) is 11.1 Å². The summed E-state index contributed by atoms with van der Waals surface area (Å²) in [6, 6.07) is 14.3. The average molecular weight is 389 g/mol. The summed E-state index contributed by atoms with van der Waals surface area (Å²) in [4.78, 5) is 26.5. The van der Waals surface area contributed by atoms with Crippen LogP contribution in [0.25, 0.3) is 0 Å². The van der Waals surface area contributed by atoms with Crippen LogP contribution in [0.15, 0.2) is 42.5 Å². The molecule has 2 bridgehead atoms. The normalized spacial score (nSPS) is 31.1. The number of benzene rings is 2. The Morgan fingerprint density at radius 1 is 1.21 bits per heavy atom. The molecule has 2 heterocycles. The zero-order chi connectivity index (χ0) is 19.6. The predicted molar refractivity (Wildman–Crippen MR) is 106 cm³/mol. The van der Waals surface area contributed by atoms with Crippen LogP contribution in [0.1, 0.15) is 36.0 Å². The highest BCUT2D eigenvalue weighted by Crippen LogP contribution is 2.63. The average Bonchev–Trinajstić information content (AvgIpc) is 3.10. The van der Waals surface area contributed by atoms with Crippen LogP contribution in [0, 0.1) is 5.92 Å². The summed E-state index contributed by atoms with van der Waals surface area (Å²) in [6.45, 7) is 1.15. The Morgan fingerprint density at radius 2 is 2.07 bits per heavy atom. The molecule has 4 aliphatic rings. The minimum Gasteiger partial charge on any atom is -0.485 e. The number of likely N-dealkylation sites (tertiary alicyclic amines) is 1. The first-order valence-electron chi connectivity index (χ1n) is 10.5. The van der Waals surface area contributed by atoms with Gasteiger partial charge in [0.1, 0.15) is 6.61 Å². The molecule has 4 atom stereocenters. The second kappa shape index (κ2) is 6.09. The predicted octanol–water partition coefficient (Wildman–Crippen LogP) is 3.03. The summed E-state index contributed by atoms with van der Waals surface area (Å²) in [5.74, 6) is 1.96. The van der Waals surface area contributed by atoms with Crippen molar-refractivity contribution in [2.24, 2.45) is 5.92 Å². The SMILES string of the molecule is O=CN1CC[C@]23c4c5ccc(OCc6ccccc6)c4OC2C(=O)CC[C@H]3[C@H]1C5. The highest BCUT2D eigenvalue weighted by atomic mass is 16.5. The van der Waals surface area contributed by atoms with Crippen molar-refractivity contribution in [2.45, 2.75) is 49.9 Å². The molecule has 6 rings (SSSR count). The molecule has 0 N–H and O–H groups in total. The Morgan fingerprint density at radius 3 is 2.90 bits per heavy atom. The van der Waals surface area contributed by atoms with Crippen LogP contribution in [0.4, 0.5) is 0 Å². The van der Waals surface area contributed by atoms with Crippen molar-refractivity contribution in [3.63, 3.8) is 0 Å². The Hall–Kier alpha value is -2.82. The smallest absolute Gasteiger partial charge is 0.209 e. The standard InChI is InChI=1S/C24H23NO4/c26-14-25-11-10-24-17-7-8-19(27)23(24)29-22-20(28-13-15-4-2-1-3-5-15)9-6-16(21(22)24)12-18(17)25/h1-6,9,14,17-18,23H,7-8,10-13H2/t17-,18+,23?,24-/m0/s1. The maximum Gasteiger partial charge on any atom is 0.209 e. The Kier molecular flexibility index (Phi) is 3.58. The van der Waals surface area contributed by atoms with Crippen LogP contribution in [-0.4, -0.2) is 35.8 Å². The minimum atomic E-state index is -0.437. The van der Waals surface area contributed by atoms with E-state index in [1.54, 1.807) is 0 Å². The molecule has 5 nitrogen and oxygen atoms in total. The van der Waals surface area contributed by atoms with E-state index in [2.05, 4.69) is 6.07 Å². The molecule has 148 valence electrons. The number of piperidine rings is 1. The maximum atomic E-state index is 12.9. The number of Topliss-reactive ketones (excluding diaryl/α,β-unsaturated/α-hetero) is 1. The summed E-state index contributed by atoms with van der Waals surface area (Å²) < 4.78 is 12.6. The molecule has 0 aromatic heterocycles. The molecule has 29 heavy (non-hydrogen) atoms. The monoisotopic (exact) mass is 389 g/mol. The van der Waals surface area contributed by atoms with Gasteiger partial charge in [-0.25, -0.2) is 0 Å². The molecule has 2 aliphatic heterocycles. The van der Waals surface area contributed by atoms with Gasteiger partial charge in [-0.1, -0.05) is 36.4 Å². The van der Waals surface area contributed by atoms with E-state index in [-0.39, 0.29) is 23.2 Å². The molecular weight excluding hydrogens is 366 g/mol. The van der Waals surface area contributed by atoms with Gasteiger partial charge in [-0.2, -0.15) is 0 Å². The lowest BCUT2D eigenvalue weighted by atomic mass is 9.51. The molecule has 1 saturated heterocycles. The van der Waals surface area contributed by atoms with Crippen LogP contribution in [0.3, 0.4) is 0 Å². The number of ether oxygens (including phenoxy) is 2. The fourth-order valence-electron chi connectivity index (χ4n) is 6.33. The van der Waals surface area contributed by atoms with Crippen LogP contribution in [0.2, 0.25) is 0 Å². The van der Waals surface area contributed by atoms with Gasteiger partial charge in [0.05, 0.1) is 5.41 Å². The van der Waals surface area contributed by atoms with Gasteiger partial charge in [-0.15, -0.1) is 0 Å². The van der Waals surface area contributed by atoms with Crippen molar-refractivity contribution in [1.82, 2.24) is 4.90 Å². The van der Waals surface area contributed by atoms with Crippen LogP contribution < -0.4 is 9.47 Å². The summed E-state index contributed by atoms with van der Waals surface area (Å²) >= 11 is 0. The van der Waals surface area contributed by atoms with Crippen molar-refractivity contribution in [3.05, 3.63) is 59.2 Å². The molecule has 2 aromatic carbocycles. The third-order valence-corrected chi connectivity index (χ3v) is 7.51. The zero-order valence-corrected chi connectivity index (χ0v) is 16.2. The van der Waals surface area contributed by atoms with E-state index in [1.807, 2.05) is 41.3 Å². The molecule has 2 fully saturated rings. The number of carbonyl (C=O) groups excluding carboxylic acids is 2. The quantitative estimate of drug-likeness (QED) is 0.755. The second-order valence-electron chi connectivity index (χ2n) is 8.72. The van der Waals surface area contributed by atoms with Crippen molar-refractivity contribution in [3.8, 4) is 11.5 Å². The third-order valence-electron chi connectivity index (χ3n) is 7.51. The Labute approximate surface area is 169 Å². The van der Waals surface area contributed by atoms with Crippen molar-refractivity contribution < 1.29 is 19.1 Å². The lowest BCUT2D eigenvalue weighted by Crippen LogP contribution is -2.65. The number of carbonyl (C=O) groups is 2. The van der Waals surface area contributed by atoms with Gasteiger partial charge in [0.2, 0.25) is 6.41 Å². The van der Waals surface area contributed by atoms with Gasteiger partial charge in [-0.3, -0.25) is 9.59 Å². The first-order chi connectivity index (χ1) is 14.2. The molecule has 0 radical (unpaired) electrons. The molecule has 2 aliphatic carbocycles. The summed E-state index contributed by atoms with van der Waals surface area (Å²) in [6.07, 6.45) is 3.53. The van der Waals surface area contributed by atoms with Crippen molar-refractivity contribution in [1.29, 1.82) is 0 Å². The highest BCUT2D eigenvalue weighted by Gasteiger charge is 2.65. The number of hydrogen-bond acceptors (Lipinski definition) is 4. The van der Waals surface area contributed by atoms with Crippen LogP contribution in [0.5, 0.6) is 11.5 Å².